The van der Waals surface area contributed by atoms with Crippen molar-refractivity contribution < 1.29 is 17.9 Å². The molecule has 0 amide bonds. The van der Waals surface area contributed by atoms with Gasteiger partial charge in [0, 0.05) is 57.7 Å². The highest BCUT2D eigenvalue weighted by atomic mass is 32.2. The topological polar surface area (TPSA) is 130 Å². The maximum absolute atomic E-state index is 13.1. The first-order valence-corrected chi connectivity index (χ1v) is 18.7. The summed E-state index contributed by atoms with van der Waals surface area (Å²) in [6, 6.07) is 2.07. The molecule has 0 aliphatic carbocycles. The number of aromatic nitrogens is 2. The molecule has 2 aliphatic rings. The van der Waals surface area contributed by atoms with Gasteiger partial charge in [-0.1, -0.05) is 20.8 Å². The van der Waals surface area contributed by atoms with E-state index in [0.29, 0.717) is 44.4 Å². The molecule has 2 aliphatic heterocycles. The molecule has 0 radical (unpaired) electrons. The maximum Gasteiger partial charge on any atom is 0.256 e. The number of nitrogens with zero attached hydrogens (tertiary/aromatic N) is 6. The number of thiophene rings is 1. The molecule has 0 unspecified atom stereocenters. The van der Waals surface area contributed by atoms with Crippen molar-refractivity contribution in [1.82, 2.24) is 27.8 Å². The van der Waals surface area contributed by atoms with Crippen molar-refractivity contribution in [1.29, 1.82) is 0 Å². The van der Waals surface area contributed by atoms with E-state index in [1.807, 2.05) is 13.3 Å². The van der Waals surface area contributed by atoms with Crippen LogP contribution in [0, 0.1) is 18.8 Å². The number of sulfonamides is 1. The van der Waals surface area contributed by atoms with Gasteiger partial charge in [-0.15, -0.1) is 24.2 Å². The lowest BCUT2D eigenvalue weighted by molar-refractivity contribution is 0.152. The van der Waals surface area contributed by atoms with Crippen LogP contribution in [-0.2, 0) is 23.0 Å². The number of aryl methyl sites for hydroxylation is 1. The molecule has 3 aromatic rings. The highest BCUT2D eigenvalue weighted by molar-refractivity contribution is 7.91. The summed E-state index contributed by atoms with van der Waals surface area (Å²) >= 11 is 2.01. The number of rotatable bonds is 12. The summed E-state index contributed by atoms with van der Waals surface area (Å²) in [6.45, 7) is 14.8. The molecule has 12 nitrogen and oxygen atoms in total. The summed E-state index contributed by atoms with van der Waals surface area (Å²) in [7, 11) is 0.368. The second-order valence-electron chi connectivity index (χ2n) is 12.2. The second-order valence-corrected chi connectivity index (χ2v) is 15.7. The predicted octanol–water partition coefficient (Wildman–Crippen LogP) is 4.67. The summed E-state index contributed by atoms with van der Waals surface area (Å²) in [5.74, 6) is 2.25. The Morgan fingerprint density at radius 1 is 0.978 bits per heavy atom. The molecule has 0 bridgehead atoms. The quantitative estimate of drug-likeness (QED) is 0.181. The van der Waals surface area contributed by atoms with Crippen molar-refractivity contribution >= 4 is 50.4 Å². The zero-order chi connectivity index (χ0) is 33.7. The van der Waals surface area contributed by atoms with E-state index in [1.54, 1.807) is 5.38 Å². The first-order chi connectivity index (χ1) is 22.0. The normalized spacial score (nSPS) is 16.8. The standard InChI is InChI=1S/C25H38N8O4S3.C4H10.C2H2/c1-30-7-11-32(12-8-30)6-4-3-5-19-15-20(37-17-19)16-26-23-24(29-39-28-23)27-21-18-38-25(22(21)34)40(35,36)33-13-9-31(2)10-14-33;1-4(2)3;1-2/h15,17-18,34H,3-14,16H2,1-2H3,(H,26,28)(H,27,29);4H,1-3H3;1-2H. The number of hydrogen-bond acceptors (Lipinski definition) is 13. The fourth-order valence-corrected chi connectivity index (χ4v) is 8.11. The van der Waals surface area contributed by atoms with Gasteiger partial charge in [-0.2, -0.15) is 13.1 Å². The number of nitrogens with one attached hydrogen (secondary N) is 2. The molecular formula is C31H50N8O4S3. The smallest absolute Gasteiger partial charge is 0.256 e. The first-order valence-electron chi connectivity index (χ1n) is 15.7. The molecule has 0 saturated carbocycles. The molecule has 5 heterocycles. The lowest BCUT2D eigenvalue weighted by Gasteiger charge is -2.32. The van der Waals surface area contributed by atoms with Crippen LogP contribution in [0.2, 0.25) is 0 Å². The van der Waals surface area contributed by atoms with Crippen molar-refractivity contribution in [3.8, 4) is 18.6 Å². The fraction of sp³-hybridized carbons (Fsp3) is 0.613. The predicted molar refractivity (Wildman–Crippen MR) is 189 cm³/mol. The van der Waals surface area contributed by atoms with Gasteiger partial charge in [0.2, 0.25) is 0 Å². The van der Waals surface area contributed by atoms with Gasteiger partial charge >= 0.3 is 0 Å². The van der Waals surface area contributed by atoms with Crippen molar-refractivity contribution in [2.75, 3.05) is 83.6 Å². The zero-order valence-electron chi connectivity index (χ0n) is 27.7. The van der Waals surface area contributed by atoms with Crippen LogP contribution >= 0.6 is 23.1 Å². The lowest BCUT2D eigenvalue weighted by atomic mass is 10.1. The van der Waals surface area contributed by atoms with E-state index in [9.17, 15) is 13.5 Å². The number of likely N-dealkylation sites (N-methyl/N-ethyl adjacent to an activating group) is 2. The number of aromatic hydroxyl groups is 1. The Balaban J connectivity index is 0.000000891. The molecule has 2 fully saturated rings. The largest absolute Gasteiger partial charge is 0.504 e. The Morgan fingerprint density at radius 2 is 1.59 bits per heavy atom. The van der Waals surface area contributed by atoms with Crippen LogP contribution in [0.3, 0.4) is 0 Å². The molecule has 5 rings (SSSR count). The van der Waals surface area contributed by atoms with E-state index < -0.39 is 10.0 Å². The van der Waals surface area contributed by atoms with E-state index >= 15 is 0 Å². The summed E-state index contributed by atoms with van der Waals surface area (Å²) in [5.41, 5.74) is 1.47. The summed E-state index contributed by atoms with van der Waals surface area (Å²) in [5, 5.41) is 18.6. The number of unbranched alkanes of at least 4 members (excludes halogenated alkanes) is 1. The number of furan rings is 1. The van der Waals surface area contributed by atoms with Gasteiger partial charge in [0.1, 0.15) is 5.76 Å². The Morgan fingerprint density at radius 3 is 2.24 bits per heavy atom. The van der Waals surface area contributed by atoms with Crippen molar-refractivity contribution in [3.05, 3.63) is 29.0 Å². The lowest BCUT2D eigenvalue weighted by Crippen LogP contribution is -2.46. The van der Waals surface area contributed by atoms with Crippen molar-refractivity contribution in [2.45, 2.75) is 50.8 Å². The van der Waals surface area contributed by atoms with Gasteiger partial charge < -0.3 is 34.9 Å². The minimum absolute atomic E-state index is 0.0658. The maximum atomic E-state index is 13.1. The van der Waals surface area contributed by atoms with Crippen LogP contribution in [0.1, 0.15) is 44.9 Å². The minimum atomic E-state index is -3.78. The van der Waals surface area contributed by atoms with E-state index in [0.717, 1.165) is 80.3 Å². The number of terminal acetylenes is 1. The third-order valence-electron chi connectivity index (χ3n) is 7.43. The summed E-state index contributed by atoms with van der Waals surface area (Å²) in [6.07, 6.45) is 13.1. The van der Waals surface area contributed by atoms with E-state index in [1.165, 1.54) is 16.3 Å². The van der Waals surface area contributed by atoms with Crippen LogP contribution in [0.4, 0.5) is 17.3 Å². The van der Waals surface area contributed by atoms with Crippen LogP contribution in [0.25, 0.3) is 0 Å². The second kappa shape index (κ2) is 18.6. The van der Waals surface area contributed by atoms with Gasteiger partial charge in [0.25, 0.3) is 10.0 Å². The molecule has 0 atom stereocenters. The van der Waals surface area contributed by atoms with Crippen LogP contribution < -0.4 is 10.6 Å². The van der Waals surface area contributed by atoms with Gasteiger partial charge in [-0.25, -0.2) is 8.42 Å². The van der Waals surface area contributed by atoms with Crippen LogP contribution in [0.15, 0.2) is 26.3 Å². The molecule has 0 aromatic carbocycles. The van der Waals surface area contributed by atoms with E-state index in [-0.39, 0.29) is 15.6 Å². The Labute approximate surface area is 283 Å². The molecular weight excluding hydrogens is 645 g/mol. The molecule has 3 aromatic heterocycles. The summed E-state index contributed by atoms with van der Waals surface area (Å²) in [4.78, 5) is 7.00. The average Bonchev–Trinajstić information content (AvgIpc) is 3.77. The number of hydrogen-bond donors (Lipinski definition) is 3. The molecule has 3 N–H and O–H groups in total. The first kappa shape index (κ1) is 37.7. The highest BCUT2D eigenvalue weighted by Crippen LogP contribution is 2.41. The molecule has 15 heteroatoms. The molecule has 0 spiro atoms. The number of piperazine rings is 2. The van der Waals surface area contributed by atoms with E-state index in [4.69, 9.17) is 4.42 Å². The van der Waals surface area contributed by atoms with Crippen molar-refractivity contribution in [2.24, 2.45) is 5.92 Å². The molecule has 2 saturated heterocycles. The van der Waals surface area contributed by atoms with Gasteiger partial charge in [-0.05, 0) is 57.5 Å². The van der Waals surface area contributed by atoms with E-state index in [2.05, 4.69) is 80.8 Å². The third-order valence-corrected chi connectivity index (χ3v) is 11.4. The third kappa shape index (κ3) is 11.2. The van der Waals surface area contributed by atoms with Gasteiger partial charge in [0.15, 0.2) is 21.6 Å². The summed E-state index contributed by atoms with van der Waals surface area (Å²) < 4.78 is 41.9. The van der Waals surface area contributed by atoms with Gasteiger partial charge in [-0.3, -0.25) is 0 Å². The Hall–Kier alpha value is -2.71. The van der Waals surface area contributed by atoms with Crippen LogP contribution in [-0.4, -0.2) is 114 Å². The van der Waals surface area contributed by atoms with Crippen molar-refractivity contribution in [3.63, 3.8) is 0 Å². The Bertz CT molecular complexity index is 1430. The SMILES string of the molecule is C#C.CC(C)C.CN1CCN(CCCCc2coc(CNc3nsnc3Nc3csc(S(=O)(=O)N4CCN(C)CC4)c3O)c2)CC1. The van der Waals surface area contributed by atoms with Gasteiger partial charge in [0.05, 0.1) is 30.2 Å². The molecule has 256 valence electrons. The number of anilines is 3. The fourth-order valence-electron chi connectivity index (χ4n) is 4.82. The van der Waals surface area contributed by atoms with Crippen LogP contribution in [0.5, 0.6) is 5.75 Å². The monoisotopic (exact) mass is 694 g/mol. The highest BCUT2D eigenvalue weighted by Gasteiger charge is 2.32. The minimum Gasteiger partial charge on any atom is -0.504 e. The average molecular weight is 695 g/mol. The molecule has 46 heavy (non-hydrogen) atoms. The zero-order valence-corrected chi connectivity index (χ0v) is 30.2. The Kier molecular flexibility index (Phi) is 15.2.